The molecule has 1 aliphatic rings. The first kappa shape index (κ1) is 11.8. The van der Waals surface area contributed by atoms with Crippen LogP contribution < -0.4 is 11.1 Å². The van der Waals surface area contributed by atoms with Crippen LogP contribution in [0.1, 0.15) is 38.7 Å². The lowest BCUT2D eigenvalue weighted by Crippen LogP contribution is -2.31. The Kier molecular flexibility index (Phi) is 2.97. The van der Waals surface area contributed by atoms with Gasteiger partial charge in [-0.2, -0.15) is 5.26 Å². The van der Waals surface area contributed by atoms with E-state index in [0.29, 0.717) is 22.7 Å². The number of anilines is 2. The summed E-state index contributed by atoms with van der Waals surface area (Å²) in [5.74, 6) is 0. The van der Waals surface area contributed by atoms with Crippen molar-refractivity contribution in [2.24, 2.45) is 5.41 Å². The highest BCUT2D eigenvalue weighted by Crippen LogP contribution is 2.39. The molecule has 3 heteroatoms. The summed E-state index contributed by atoms with van der Waals surface area (Å²) in [5.41, 5.74) is 8.16. The lowest BCUT2D eigenvalue weighted by atomic mass is 9.87. The molecule has 1 saturated carbocycles. The van der Waals surface area contributed by atoms with Crippen molar-refractivity contribution in [1.82, 2.24) is 0 Å². The Morgan fingerprint density at radius 2 is 2.24 bits per heavy atom. The number of hydrogen-bond acceptors (Lipinski definition) is 3. The second-order valence-electron chi connectivity index (χ2n) is 5.49. The smallest absolute Gasteiger partial charge is 0.101 e. The third kappa shape index (κ3) is 2.36. The molecule has 0 amide bonds. The van der Waals surface area contributed by atoms with Crippen LogP contribution in [0, 0.1) is 16.7 Å². The number of nitriles is 1. The average molecular weight is 229 g/mol. The molecule has 1 unspecified atom stereocenters. The fourth-order valence-corrected chi connectivity index (χ4v) is 2.56. The topological polar surface area (TPSA) is 61.8 Å². The molecule has 1 aromatic rings. The Bertz CT molecular complexity index is 457. The molecule has 3 N–H and O–H groups in total. The predicted octanol–water partition coefficient (Wildman–Crippen LogP) is 3.13. The third-order valence-corrected chi connectivity index (χ3v) is 3.75. The zero-order valence-electron chi connectivity index (χ0n) is 10.5. The van der Waals surface area contributed by atoms with E-state index in [1.807, 2.05) is 12.1 Å². The molecule has 0 spiro atoms. The van der Waals surface area contributed by atoms with Gasteiger partial charge in [0, 0.05) is 11.7 Å². The summed E-state index contributed by atoms with van der Waals surface area (Å²) in [7, 11) is 0. The number of benzene rings is 1. The summed E-state index contributed by atoms with van der Waals surface area (Å²) in [4.78, 5) is 0. The zero-order valence-corrected chi connectivity index (χ0v) is 10.5. The fraction of sp³-hybridized carbons (Fsp3) is 0.500. The molecule has 0 heterocycles. The van der Waals surface area contributed by atoms with E-state index in [1.165, 1.54) is 19.3 Å². The van der Waals surface area contributed by atoms with Crippen molar-refractivity contribution in [1.29, 1.82) is 5.26 Å². The maximum absolute atomic E-state index is 9.10. The van der Waals surface area contributed by atoms with Gasteiger partial charge in [-0.15, -0.1) is 0 Å². The van der Waals surface area contributed by atoms with Crippen molar-refractivity contribution in [3.8, 4) is 6.07 Å². The number of nitrogens with zero attached hydrogens (tertiary/aromatic N) is 1. The average Bonchev–Trinajstić information content (AvgIpc) is 2.61. The monoisotopic (exact) mass is 229 g/mol. The molecule has 0 bridgehead atoms. The van der Waals surface area contributed by atoms with E-state index in [2.05, 4.69) is 25.2 Å². The van der Waals surface area contributed by atoms with Crippen LogP contribution in [0.25, 0.3) is 0 Å². The predicted molar refractivity (Wildman–Crippen MR) is 70.6 cm³/mol. The molecular formula is C14H19N3. The Balaban J connectivity index is 2.22. The van der Waals surface area contributed by atoms with E-state index < -0.39 is 0 Å². The molecule has 0 aromatic heterocycles. The maximum atomic E-state index is 9.10. The van der Waals surface area contributed by atoms with Gasteiger partial charge in [-0.25, -0.2) is 0 Å². The van der Waals surface area contributed by atoms with Crippen LogP contribution in [0.5, 0.6) is 0 Å². The highest BCUT2D eigenvalue weighted by molar-refractivity contribution is 5.63. The Labute approximate surface area is 103 Å². The highest BCUT2D eigenvalue weighted by Gasteiger charge is 2.34. The number of nitrogen functional groups attached to an aromatic ring is 1. The molecule has 1 fully saturated rings. The molecule has 1 atom stereocenters. The van der Waals surface area contributed by atoms with Crippen LogP contribution in [0.15, 0.2) is 18.2 Å². The second kappa shape index (κ2) is 4.29. The van der Waals surface area contributed by atoms with Gasteiger partial charge in [0.15, 0.2) is 0 Å². The summed E-state index contributed by atoms with van der Waals surface area (Å²) < 4.78 is 0. The van der Waals surface area contributed by atoms with E-state index in [9.17, 15) is 0 Å². The number of hydrogen-bond donors (Lipinski definition) is 2. The Morgan fingerprint density at radius 3 is 2.82 bits per heavy atom. The van der Waals surface area contributed by atoms with Gasteiger partial charge in [0.2, 0.25) is 0 Å². The molecule has 17 heavy (non-hydrogen) atoms. The van der Waals surface area contributed by atoms with E-state index in [0.717, 1.165) is 5.69 Å². The van der Waals surface area contributed by atoms with E-state index in [1.54, 1.807) is 6.07 Å². The number of nitrogens with two attached hydrogens (primary N) is 1. The summed E-state index contributed by atoms with van der Waals surface area (Å²) in [6.45, 7) is 4.56. The minimum atomic E-state index is 0.300. The van der Waals surface area contributed by atoms with Crippen molar-refractivity contribution in [3.63, 3.8) is 0 Å². The lowest BCUT2D eigenvalue weighted by Gasteiger charge is -2.29. The van der Waals surface area contributed by atoms with Gasteiger partial charge in [-0.1, -0.05) is 20.3 Å². The first-order valence-electron chi connectivity index (χ1n) is 6.09. The van der Waals surface area contributed by atoms with E-state index >= 15 is 0 Å². The first-order valence-corrected chi connectivity index (χ1v) is 6.09. The lowest BCUT2D eigenvalue weighted by molar-refractivity contribution is 0.350. The summed E-state index contributed by atoms with van der Waals surface area (Å²) in [6.07, 6.45) is 3.66. The van der Waals surface area contributed by atoms with Crippen molar-refractivity contribution in [2.45, 2.75) is 39.2 Å². The molecule has 90 valence electrons. The van der Waals surface area contributed by atoms with E-state index in [4.69, 9.17) is 11.0 Å². The molecule has 0 saturated heterocycles. The summed E-state index contributed by atoms with van der Waals surface area (Å²) >= 11 is 0. The quantitative estimate of drug-likeness (QED) is 0.766. The van der Waals surface area contributed by atoms with Crippen LogP contribution >= 0.6 is 0 Å². The first-order chi connectivity index (χ1) is 8.03. The molecule has 0 radical (unpaired) electrons. The van der Waals surface area contributed by atoms with Gasteiger partial charge in [-0.3, -0.25) is 0 Å². The van der Waals surface area contributed by atoms with Crippen LogP contribution in [0.4, 0.5) is 11.4 Å². The number of rotatable bonds is 2. The molecule has 0 aliphatic heterocycles. The summed E-state index contributed by atoms with van der Waals surface area (Å²) in [5, 5.41) is 12.6. The Hall–Kier alpha value is -1.69. The van der Waals surface area contributed by atoms with Gasteiger partial charge < -0.3 is 11.1 Å². The molecule has 1 aromatic carbocycles. The fourth-order valence-electron chi connectivity index (χ4n) is 2.56. The zero-order chi connectivity index (χ0) is 12.5. The van der Waals surface area contributed by atoms with Gasteiger partial charge in [0.25, 0.3) is 0 Å². The van der Waals surface area contributed by atoms with Gasteiger partial charge in [0.05, 0.1) is 11.3 Å². The normalized spacial score (nSPS) is 22.1. The van der Waals surface area contributed by atoms with Gasteiger partial charge in [-0.05, 0) is 36.5 Å². The largest absolute Gasteiger partial charge is 0.399 e. The number of nitrogens with one attached hydrogen (secondary N) is 1. The minimum Gasteiger partial charge on any atom is -0.399 e. The van der Waals surface area contributed by atoms with Crippen LogP contribution in [-0.4, -0.2) is 6.04 Å². The minimum absolute atomic E-state index is 0.300. The van der Waals surface area contributed by atoms with Crippen molar-refractivity contribution < 1.29 is 0 Å². The van der Waals surface area contributed by atoms with Gasteiger partial charge >= 0.3 is 0 Å². The Morgan fingerprint density at radius 1 is 1.47 bits per heavy atom. The van der Waals surface area contributed by atoms with E-state index in [-0.39, 0.29) is 0 Å². The molecular weight excluding hydrogens is 210 g/mol. The summed E-state index contributed by atoms with van der Waals surface area (Å²) in [6, 6.07) is 8.11. The molecule has 1 aliphatic carbocycles. The van der Waals surface area contributed by atoms with Crippen molar-refractivity contribution in [2.75, 3.05) is 11.1 Å². The standard InChI is InChI=1S/C14H19N3/c1-14(2)7-3-4-13(14)17-12-6-5-11(16)8-10(12)9-15/h5-6,8,13,17H,3-4,7,16H2,1-2H3. The highest BCUT2D eigenvalue weighted by atomic mass is 14.9. The maximum Gasteiger partial charge on any atom is 0.101 e. The molecule has 3 nitrogen and oxygen atoms in total. The van der Waals surface area contributed by atoms with Crippen molar-refractivity contribution >= 4 is 11.4 Å². The van der Waals surface area contributed by atoms with Gasteiger partial charge in [0.1, 0.15) is 6.07 Å². The van der Waals surface area contributed by atoms with Crippen LogP contribution in [0.2, 0.25) is 0 Å². The third-order valence-electron chi connectivity index (χ3n) is 3.75. The van der Waals surface area contributed by atoms with Crippen LogP contribution in [-0.2, 0) is 0 Å². The SMILES string of the molecule is CC1(C)CCCC1Nc1ccc(N)cc1C#N. The molecule has 2 rings (SSSR count). The van der Waals surface area contributed by atoms with Crippen molar-refractivity contribution in [3.05, 3.63) is 23.8 Å². The second-order valence-corrected chi connectivity index (χ2v) is 5.49. The van der Waals surface area contributed by atoms with Crippen LogP contribution in [0.3, 0.4) is 0 Å².